The van der Waals surface area contributed by atoms with Crippen LogP contribution in [-0.2, 0) is 4.79 Å². The van der Waals surface area contributed by atoms with Crippen LogP contribution in [0.3, 0.4) is 0 Å². The number of nitrogens with zero attached hydrogens (tertiary/aromatic N) is 3. The van der Waals surface area contributed by atoms with Crippen molar-refractivity contribution in [1.29, 1.82) is 5.26 Å². The fraction of sp³-hybridized carbons (Fsp3) is 0.300. The lowest BCUT2D eigenvalue weighted by Crippen LogP contribution is -2.50. The zero-order chi connectivity index (χ0) is 17.6. The molecular formula is C20H22N4O. The van der Waals surface area contributed by atoms with Gasteiger partial charge in [-0.05, 0) is 42.8 Å². The molecule has 0 aromatic heterocycles. The van der Waals surface area contributed by atoms with Gasteiger partial charge in [-0.2, -0.15) is 5.26 Å². The number of hydrogen-bond donors (Lipinski definition) is 1. The summed E-state index contributed by atoms with van der Waals surface area (Å²) in [4.78, 5) is 16.6. The van der Waals surface area contributed by atoms with E-state index in [0.29, 0.717) is 5.56 Å². The zero-order valence-electron chi connectivity index (χ0n) is 14.4. The Labute approximate surface area is 148 Å². The second kappa shape index (κ2) is 7.71. The van der Waals surface area contributed by atoms with E-state index in [9.17, 15) is 4.79 Å². The quantitative estimate of drug-likeness (QED) is 0.934. The Morgan fingerprint density at radius 1 is 1.12 bits per heavy atom. The fourth-order valence-electron chi connectivity index (χ4n) is 3.03. The summed E-state index contributed by atoms with van der Waals surface area (Å²) in [6, 6.07) is 17.7. The number of carbonyl (C=O) groups is 1. The number of aryl methyl sites for hydroxylation is 1. The second-order valence-corrected chi connectivity index (χ2v) is 6.25. The molecule has 0 saturated carbocycles. The normalized spacial score (nSPS) is 14.1. The summed E-state index contributed by atoms with van der Waals surface area (Å²) in [6.07, 6.45) is 0. The third-order valence-corrected chi connectivity index (χ3v) is 4.43. The fourth-order valence-corrected chi connectivity index (χ4v) is 3.03. The molecule has 1 aliphatic rings. The summed E-state index contributed by atoms with van der Waals surface area (Å²) in [5.41, 5.74) is 3.85. The summed E-state index contributed by atoms with van der Waals surface area (Å²) in [5, 5.41) is 12.0. The molecule has 0 unspecified atom stereocenters. The van der Waals surface area contributed by atoms with Crippen LogP contribution in [0.15, 0.2) is 48.5 Å². The van der Waals surface area contributed by atoms with E-state index < -0.39 is 0 Å². The number of anilines is 2. The van der Waals surface area contributed by atoms with Crippen LogP contribution in [0.5, 0.6) is 0 Å². The molecular weight excluding hydrogens is 312 g/mol. The molecule has 0 spiro atoms. The van der Waals surface area contributed by atoms with E-state index in [0.717, 1.165) is 31.9 Å². The average Bonchev–Trinajstić information content (AvgIpc) is 2.66. The van der Waals surface area contributed by atoms with Crippen molar-refractivity contribution in [3.63, 3.8) is 0 Å². The van der Waals surface area contributed by atoms with E-state index >= 15 is 0 Å². The SMILES string of the molecule is Cc1cccc(N2CCN(C(=O)CNc3cccc(C#N)c3)CC2)c1. The molecule has 1 N–H and O–H groups in total. The number of rotatable bonds is 4. The number of benzene rings is 2. The molecule has 1 fully saturated rings. The Hall–Kier alpha value is -3.00. The minimum absolute atomic E-state index is 0.0891. The minimum Gasteiger partial charge on any atom is -0.376 e. The van der Waals surface area contributed by atoms with Crippen LogP contribution in [0.25, 0.3) is 0 Å². The first-order valence-corrected chi connectivity index (χ1v) is 8.49. The van der Waals surface area contributed by atoms with Crippen LogP contribution in [0, 0.1) is 18.3 Å². The third kappa shape index (κ3) is 4.30. The van der Waals surface area contributed by atoms with Crippen molar-refractivity contribution in [2.24, 2.45) is 0 Å². The van der Waals surface area contributed by atoms with Gasteiger partial charge in [0.1, 0.15) is 0 Å². The van der Waals surface area contributed by atoms with Crippen LogP contribution < -0.4 is 10.2 Å². The molecule has 0 radical (unpaired) electrons. The first kappa shape index (κ1) is 16.8. The van der Waals surface area contributed by atoms with Crippen molar-refractivity contribution in [1.82, 2.24) is 4.90 Å². The van der Waals surface area contributed by atoms with Crippen LogP contribution in [0.1, 0.15) is 11.1 Å². The van der Waals surface area contributed by atoms with Crippen LogP contribution in [0.2, 0.25) is 0 Å². The maximum absolute atomic E-state index is 12.4. The van der Waals surface area contributed by atoms with Gasteiger partial charge in [-0.15, -0.1) is 0 Å². The maximum Gasteiger partial charge on any atom is 0.241 e. The molecule has 3 rings (SSSR count). The molecule has 2 aromatic rings. The average molecular weight is 334 g/mol. The Kier molecular flexibility index (Phi) is 5.20. The van der Waals surface area contributed by atoms with E-state index in [1.807, 2.05) is 17.0 Å². The summed E-state index contributed by atoms with van der Waals surface area (Å²) in [7, 11) is 0. The number of nitriles is 1. The molecule has 0 atom stereocenters. The Balaban J connectivity index is 1.50. The Bertz CT molecular complexity index is 788. The predicted molar refractivity (Wildman–Crippen MR) is 99.6 cm³/mol. The lowest BCUT2D eigenvalue weighted by atomic mass is 10.2. The standard InChI is InChI=1S/C20H22N4O/c1-16-4-2-7-19(12-16)23-8-10-24(11-9-23)20(25)15-22-18-6-3-5-17(13-18)14-21/h2-7,12-13,22H,8-11,15H2,1H3. The van der Waals surface area contributed by atoms with Crippen molar-refractivity contribution in [2.75, 3.05) is 42.9 Å². The lowest BCUT2D eigenvalue weighted by molar-refractivity contribution is -0.129. The highest BCUT2D eigenvalue weighted by atomic mass is 16.2. The second-order valence-electron chi connectivity index (χ2n) is 6.25. The zero-order valence-corrected chi connectivity index (χ0v) is 14.4. The molecule has 128 valence electrons. The van der Waals surface area contributed by atoms with Gasteiger partial charge < -0.3 is 15.1 Å². The van der Waals surface area contributed by atoms with Gasteiger partial charge in [0.15, 0.2) is 0 Å². The number of amides is 1. The molecule has 0 bridgehead atoms. The van der Waals surface area contributed by atoms with Gasteiger partial charge in [0, 0.05) is 37.6 Å². The van der Waals surface area contributed by atoms with Crippen molar-refractivity contribution >= 4 is 17.3 Å². The van der Waals surface area contributed by atoms with Crippen molar-refractivity contribution in [3.8, 4) is 6.07 Å². The van der Waals surface area contributed by atoms with Crippen LogP contribution in [0.4, 0.5) is 11.4 Å². The molecule has 2 aromatic carbocycles. The highest BCUT2D eigenvalue weighted by molar-refractivity contribution is 5.81. The third-order valence-electron chi connectivity index (χ3n) is 4.43. The van der Waals surface area contributed by atoms with Crippen LogP contribution >= 0.6 is 0 Å². The largest absolute Gasteiger partial charge is 0.376 e. The summed E-state index contributed by atoms with van der Waals surface area (Å²) in [6.45, 7) is 5.49. The lowest BCUT2D eigenvalue weighted by Gasteiger charge is -2.36. The van der Waals surface area contributed by atoms with Crippen LogP contribution in [-0.4, -0.2) is 43.5 Å². The van der Waals surface area contributed by atoms with E-state index in [4.69, 9.17) is 5.26 Å². The maximum atomic E-state index is 12.4. The molecule has 5 nitrogen and oxygen atoms in total. The van der Waals surface area contributed by atoms with Gasteiger partial charge >= 0.3 is 0 Å². The first-order valence-electron chi connectivity index (χ1n) is 8.49. The molecule has 1 aliphatic heterocycles. The van der Waals surface area contributed by atoms with E-state index in [-0.39, 0.29) is 12.5 Å². The molecule has 1 heterocycles. The first-order chi connectivity index (χ1) is 12.2. The number of piperazine rings is 1. The van der Waals surface area contributed by atoms with Crippen molar-refractivity contribution in [3.05, 3.63) is 59.7 Å². The van der Waals surface area contributed by atoms with E-state index in [1.54, 1.807) is 12.1 Å². The smallest absolute Gasteiger partial charge is 0.241 e. The Morgan fingerprint density at radius 2 is 1.88 bits per heavy atom. The van der Waals surface area contributed by atoms with Gasteiger partial charge in [0.05, 0.1) is 18.2 Å². The molecule has 0 aliphatic carbocycles. The van der Waals surface area contributed by atoms with Gasteiger partial charge in [0.2, 0.25) is 5.91 Å². The molecule has 5 heteroatoms. The van der Waals surface area contributed by atoms with Crippen molar-refractivity contribution < 1.29 is 4.79 Å². The number of hydrogen-bond acceptors (Lipinski definition) is 4. The van der Waals surface area contributed by atoms with Gasteiger partial charge in [-0.3, -0.25) is 4.79 Å². The number of nitrogens with one attached hydrogen (secondary N) is 1. The Morgan fingerprint density at radius 3 is 2.60 bits per heavy atom. The van der Waals surface area contributed by atoms with Gasteiger partial charge in [0.25, 0.3) is 0 Å². The molecule has 1 saturated heterocycles. The van der Waals surface area contributed by atoms with Crippen molar-refractivity contribution in [2.45, 2.75) is 6.92 Å². The highest BCUT2D eigenvalue weighted by Crippen LogP contribution is 2.18. The summed E-state index contributed by atoms with van der Waals surface area (Å²) < 4.78 is 0. The summed E-state index contributed by atoms with van der Waals surface area (Å²) in [5.74, 6) is 0.0891. The molecule has 1 amide bonds. The summed E-state index contributed by atoms with van der Waals surface area (Å²) >= 11 is 0. The topological polar surface area (TPSA) is 59.4 Å². The highest BCUT2D eigenvalue weighted by Gasteiger charge is 2.21. The van der Waals surface area contributed by atoms with Gasteiger partial charge in [-0.1, -0.05) is 18.2 Å². The van der Waals surface area contributed by atoms with Gasteiger partial charge in [-0.25, -0.2) is 0 Å². The number of carbonyl (C=O) groups excluding carboxylic acids is 1. The van der Waals surface area contributed by atoms with E-state index in [2.05, 4.69) is 47.5 Å². The predicted octanol–water partition coefficient (Wildman–Crippen LogP) is 2.63. The monoisotopic (exact) mass is 334 g/mol. The molecule has 25 heavy (non-hydrogen) atoms. The van der Waals surface area contributed by atoms with E-state index in [1.165, 1.54) is 11.3 Å². The minimum atomic E-state index is 0.0891.